The normalized spacial score (nSPS) is 15.4. The Kier molecular flexibility index (Phi) is 5.79. The molecular weight excluding hydrogens is 418 g/mol. The number of aromatic nitrogens is 1. The predicted octanol–water partition coefficient (Wildman–Crippen LogP) is 2.21. The molecular formula is C22H23N3O5S. The van der Waals surface area contributed by atoms with Crippen LogP contribution in [0.15, 0.2) is 57.9 Å². The minimum atomic E-state index is -3.70. The van der Waals surface area contributed by atoms with Crippen LogP contribution in [0.5, 0.6) is 5.75 Å². The molecule has 31 heavy (non-hydrogen) atoms. The van der Waals surface area contributed by atoms with Crippen LogP contribution in [0, 0.1) is 0 Å². The number of hydrogen-bond acceptors (Lipinski definition) is 6. The van der Waals surface area contributed by atoms with Gasteiger partial charge in [0.05, 0.1) is 17.0 Å². The lowest BCUT2D eigenvalue weighted by atomic mass is 10.1. The van der Waals surface area contributed by atoms with E-state index in [0.29, 0.717) is 24.4 Å². The molecule has 1 aliphatic heterocycles. The van der Waals surface area contributed by atoms with Crippen LogP contribution >= 0.6 is 0 Å². The van der Waals surface area contributed by atoms with Gasteiger partial charge in [-0.3, -0.25) is 4.79 Å². The van der Waals surface area contributed by atoms with Crippen molar-refractivity contribution in [2.45, 2.75) is 37.2 Å². The largest absolute Gasteiger partial charge is 0.490 e. The number of nitrogens with zero attached hydrogens (tertiary/aromatic N) is 1. The van der Waals surface area contributed by atoms with Crippen molar-refractivity contribution in [3.05, 3.63) is 65.4 Å². The number of amides is 1. The molecule has 4 rings (SSSR count). The van der Waals surface area contributed by atoms with E-state index >= 15 is 0 Å². The van der Waals surface area contributed by atoms with E-state index < -0.39 is 10.0 Å². The number of hydrogen-bond donors (Lipinski definition) is 2. The van der Waals surface area contributed by atoms with Gasteiger partial charge >= 0.3 is 0 Å². The molecule has 0 aliphatic carbocycles. The number of primary sulfonamides is 1. The molecule has 1 amide bonds. The Morgan fingerprint density at radius 1 is 1.19 bits per heavy atom. The van der Waals surface area contributed by atoms with Crippen LogP contribution in [0.2, 0.25) is 0 Å². The maximum absolute atomic E-state index is 12.2. The van der Waals surface area contributed by atoms with Gasteiger partial charge in [-0.15, -0.1) is 0 Å². The first kappa shape index (κ1) is 21.1. The zero-order valence-corrected chi connectivity index (χ0v) is 17.8. The van der Waals surface area contributed by atoms with Crippen molar-refractivity contribution < 1.29 is 22.5 Å². The molecule has 0 fully saturated rings. The molecule has 1 atom stereocenters. The predicted molar refractivity (Wildman–Crippen MR) is 114 cm³/mol. The lowest BCUT2D eigenvalue weighted by Crippen LogP contribution is -2.27. The minimum absolute atomic E-state index is 0.0625. The molecule has 3 aromatic rings. The fourth-order valence-corrected chi connectivity index (χ4v) is 4.04. The number of ether oxygens (including phenoxy) is 1. The fourth-order valence-electron chi connectivity index (χ4n) is 3.53. The first-order valence-electron chi connectivity index (χ1n) is 9.92. The van der Waals surface area contributed by atoms with Gasteiger partial charge in [0.25, 0.3) is 0 Å². The van der Waals surface area contributed by atoms with Crippen LogP contribution in [0.1, 0.15) is 23.7 Å². The summed E-state index contributed by atoms with van der Waals surface area (Å²) in [6, 6.07) is 13.9. The Labute approximate surface area is 180 Å². The van der Waals surface area contributed by atoms with Gasteiger partial charge in [-0.1, -0.05) is 17.3 Å². The van der Waals surface area contributed by atoms with Gasteiger partial charge in [0.15, 0.2) is 5.76 Å². The van der Waals surface area contributed by atoms with Crippen molar-refractivity contribution in [3.63, 3.8) is 0 Å². The number of sulfonamides is 1. The molecule has 0 saturated heterocycles. The van der Waals surface area contributed by atoms with Crippen LogP contribution in [0.25, 0.3) is 11.3 Å². The maximum atomic E-state index is 12.2. The zero-order chi connectivity index (χ0) is 22.0. The van der Waals surface area contributed by atoms with E-state index in [4.69, 9.17) is 14.4 Å². The lowest BCUT2D eigenvalue weighted by Gasteiger charge is -2.05. The fraction of sp³-hybridized carbons (Fsp3) is 0.273. The molecule has 1 aliphatic rings. The van der Waals surface area contributed by atoms with E-state index in [1.54, 1.807) is 18.2 Å². The first-order chi connectivity index (χ1) is 14.8. The molecule has 0 radical (unpaired) electrons. The van der Waals surface area contributed by atoms with Crippen molar-refractivity contribution >= 4 is 15.9 Å². The van der Waals surface area contributed by atoms with Gasteiger partial charge in [0.1, 0.15) is 11.9 Å². The third kappa shape index (κ3) is 5.12. The van der Waals surface area contributed by atoms with Crippen LogP contribution in [-0.2, 0) is 34.1 Å². The molecule has 0 spiro atoms. The maximum Gasteiger partial charge on any atom is 0.238 e. The Morgan fingerprint density at radius 2 is 1.97 bits per heavy atom. The molecule has 8 nitrogen and oxygen atoms in total. The number of carbonyl (C=O) groups is 1. The summed E-state index contributed by atoms with van der Waals surface area (Å²) in [6.07, 6.45) is 1.71. The third-order valence-electron chi connectivity index (χ3n) is 5.07. The van der Waals surface area contributed by atoms with E-state index in [9.17, 15) is 13.2 Å². The van der Waals surface area contributed by atoms with Crippen LogP contribution in [0.3, 0.4) is 0 Å². The molecule has 0 saturated carbocycles. The molecule has 1 aromatic heterocycles. The topological polar surface area (TPSA) is 125 Å². The quantitative estimate of drug-likeness (QED) is 0.579. The van der Waals surface area contributed by atoms with Gasteiger partial charge in [0, 0.05) is 24.6 Å². The number of fused-ring (bicyclic) bond motifs is 1. The van der Waals surface area contributed by atoms with Gasteiger partial charge in [0.2, 0.25) is 15.9 Å². The summed E-state index contributed by atoms with van der Waals surface area (Å²) in [5.41, 5.74) is 3.48. The molecule has 9 heteroatoms. The number of rotatable bonds is 7. The monoisotopic (exact) mass is 441 g/mol. The van der Waals surface area contributed by atoms with Gasteiger partial charge in [-0.2, -0.15) is 0 Å². The molecule has 0 unspecified atom stereocenters. The first-order valence-corrected chi connectivity index (χ1v) is 11.5. The van der Waals surface area contributed by atoms with Gasteiger partial charge in [-0.25, -0.2) is 13.6 Å². The van der Waals surface area contributed by atoms with Crippen LogP contribution < -0.4 is 15.2 Å². The second-order valence-corrected chi connectivity index (χ2v) is 9.16. The summed E-state index contributed by atoms with van der Waals surface area (Å²) in [6.45, 7) is 2.45. The highest BCUT2D eigenvalue weighted by molar-refractivity contribution is 7.89. The molecule has 2 aromatic carbocycles. The molecule has 0 bridgehead atoms. The highest BCUT2D eigenvalue weighted by atomic mass is 32.2. The number of carbonyl (C=O) groups excluding carboxylic acids is 1. The summed E-state index contributed by atoms with van der Waals surface area (Å²) in [5, 5.41) is 11.9. The molecule has 162 valence electrons. The van der Waals surface area contributed by atoms with Gasteiger partial charge in [-0.05, 0) is 54.8 Å². The zero-order valence-electron chi connectivity index (χ0n) is 17.0. The summed E-state index contributed by atoms with van der Waals surface area (Å²) in [4.78, 5) is 12.3. The Balaban J connectivity index is 1.29. The second-order valence-electron chi connectivity index (χ2n) is 7.60. The van der Waals surface area contributed by atoms with Gasteiger partial charge < -0.3 is 14.6 Å². The van der Waals surface area contributed by atoms with Crippen molar-refractivity contribution in [2.75, 3.05) is 6.54 Å². The lowest BCUT2D eigenvalue weighted by molar-refractivity contribution is -0.120. The van der Waals surface area contributed by atoms with Crippen LogP contribution in [-0.4, -0.2) is 32.1 Å². The summed E-state index contributed by atoms with van der Waals surface area (Å²) < 4.78 is 33.7. The van der Waals surface area contributed by atoms with Crippen molar-refractivity contribution in [1.82, 2.24) is 10.5 Å². The third-order valence-corrected chi connectivity index (χ3v) is 6.00. The number of nitrogens with one attached hydrogen (secondary N) is 1. The Bertz CT molecular complexity index is 1200. The highest BCUT2D eigenvalue weighted by Crippen LogP contribution is 2.33. The summed E-state index contributed by atoms with van der Waals surface area (Å²) >= 11 is 0. The van der Waals surface area contributed by atoms with Crippen molar-refractivity contribution in [2.24, 2.45) is 5.14 Å². The smallest absolute Gasteiger partial charge is 0.238 e. The van der Waals surface area contributed by atoms with Crippen molar-refractivity contribution in [1.29, 1.82) is 0 Å². The summed E-state index contributed by atoms with van der Waals surface area (Å²) in [7, 11) is -3.70. The number of nitrogens with two attached hydrogens (primary N) is 1. The van der Waals surface area contributed by atoms with Crippen molar-refractivity contribution in [3.8, 4) is 17.1 Å². The van der Waals surface area contributed by atoms with E-state index in [0.717, 1.165) is 28.9 Å². The molecule has 2 heterocycles. The number of benzene rings is 2. The SMILES string of the molecule is C[C@H]1Cc2cc(-c3cc(CC(=O)NCCc4ccc(S(N)(=O)=O)cc4)no3)ccc2O1. The average molecular weight is 442 g/mol. The van der Waals surface area contributed by atoms with Crippen LogP contribution in [0.4, 0.5) is 0 Å². The summed E-state index contributed by atoms with van der Waals surface area (Å²) in [5.74, 6) is 1.34. The second kappa shape index (κ2) is 8.52. The Morgan fingerprint density at radius 3 is 2.71 bits per heavy atom. The van der Waals surface area contributed by atoms with E-state index in [-0.39, 0.29) is 23.3 Å². The van der Waals surface area contributed by atoms with E-state index in [2.05, 4.69) is 10.5 Å². The minimum Gasteiger partial charge on any atom is -0.490 e. The highest BCUT2D eigenvalue weighted by Gasteiger charge is 2.20. The van der Waals surface area contributed by atoms with E-state index in [1.807, 2.05) is 25.1 Å². The standard InChI is InChI=1S/C22H23N3O5S/c1-14-10-17-11-16(4-7-20(17)29-14)21-12-18(25-30-21)13-22(26)24-9-8-15-2-5-19(6-3-15)31(23,27)28/h2-7,11-12,14H,8-10,13H2,1H3,(H,24,26)(H2,23,27,28)/t14-/m0/s1. The molecule has 3 N–H and O–H groups in total. The van der Waals surface area contributed by atoms with E-state index in [1.165, 1.54) is 12.1 Å². The Hall–Kier alpha value is -3.17. The average Bonchev–Trinajstić information content (AvgIpc) is 3.32.